The van der Waals surface area contributed by atoms with Crippen LogP contribution in [0.2, 0.25) is 0 Å². The Balaban J connectivity index is 3.09. The predicted molar refractivity (Wildman–Crippen MR) is 65.2 cm³/mol. The van der Waals surface area contributed by atoms with E-state index >= 15 is 0 Å². The van der Waals surface area contributed by atoms with Crippen molar-refractivity contribution in [2.45, 2.75) is 0 Å². The molecule has 0 rings (SSSR count). The summed E-state index contributed by atoms with van der Waals surface area (Å²) in [6.07, 6.45) is 0. The fourth-order valence-electron chi connectivity index (χ4n) is 1.15. The summed E-state index contributed by atoms with van der Waals surface area (Å²) in [5.74, 6) is 0. The molecular weight excluding hydrogens is 208 g/mol. The Kier molecular flexibility index (Phi) is 11.1. The normalized spacial score (nSPS) is 11.6. The molecule has 0 aromatic heterocycles. The Labute approximate surface area is 98.2 Å². The summed E-state index contributed by atoms with van der Waals surface area (Å²) in [6.45, 7) is 5.11. The Morgan fingerprint density at radius 1 is 0.812 bits per heavy atom. The first kappa shape index (κ1) is 15.8. The molecule has 0 bridgehead atoms. The molecule has 0 spiro atoms. The molecule has 0 radical (unpaired) electrons. The third-order valence-corrected chi connectivity index (χ3v) is 2.22. The van der Waals surface area contributed by atoms with E-state index in [1.54, 1.807) is 4.90 Å². The Morgan fingerprint density at radius 3 is 1.75 bits per heavy atom. The monoisotopic (exact) mass is 234 g/mol. The van der Waals surface area contributed by atoms with E-state index in [2.05, 4.69) is 29.6 Å². The summed E-state index contributed by atoms with van der Waals surface area (Å²) in [6, 6.07) is 0. The van der Waals surface area contributed by atoms with Crippen molar-refractivity contribution in [3.63, 3.8) is 0 Å². The summed E-state index contributed by atoms with van der Waals surface area (Å²) >= 11 is 0. The van der Waals surface area contributed by atoms with Gasteiger partial charge in [0.25, 0.3) is 0 Å². The number of hydrogen-bond acceptors (Lipinski definition) is 6. The second-order valence-electron chi connectivity index (χ2n) is 3.98. The van der Waals surface area contributed by atoms with Crippen LogP contribution < -0.4 is 10.6 Å². The van der Waals surface area contributed by atoms with Gasteiger partial charge in [-0.3, -0.25) is 4.90 Å². The van der Waals surface area contributed by atoms with Crippen molar-refractivity contribution in [1.82, 2.24) is 20.4 Å². The summed E-state index contributed by atoms with van der Waals surface area (Å²) in [4.78, 5) is 3.69. The molecule has 0 heterocycles. The maximum atomic E-state index is 8.77. The topological polar surface area (TPSA) is 71.0 Å². The van der Waals surface area contributed by atoms with Crippen LogP contribution in [0.1, 0.15) is 0 Å². The molecule has 0 aliphatic carbocycles. The minimum Gasteiger partial charge on any atom is -0.381 e. The van der Waals surface area contributed by atoms with Gasteiger partial charge in [-0.05, 0) is 14.1 Å². The second-order valence-corrected chi connectivity index (χ2v) is 3.98. The highest BCUT2D eigenvalue weighted by atomic mass is 16.3. The highest BCUT2D eigenvalue weighted by Crippen LogP contribution is 1.79. The third-order valence-electron chi connectivity index (χ3n) is 2.22. The average molecular weight is 234 g/mol. The molecule has 0 saturated heterocycles. The lowest BCUT2D eigenvalue weighted by Crippen LogP contribution is -2.37. The molecular formula is C10H26N4O2. The van der Waals surface area contributed by atoms with Crippen molar-refractivity contribution in [2.24, 2.45) is 0 Å². The highest BCUT2D eigenvalue weighted by molar-refractivity contribution is 4.56. The molecule has 0 atom stereocenters. The van der Waals surface area contributed by atoms with Gasteiger partial charge in [-0.2, -0.15) is 0 Å². The molecule has 4 N–H and O–H groups in total. The van der Waals surface area contributed by atoms with Crippen LogP contribution in [-0.2, 0) is 0 Å². The third kappa shape index (κ3) is 10.3. The maximum absolute atomic E-state index is 8.77. The molecule has 0 aliphatic rings. The maximum Gasteiger partial charge on any atom is 0.0974 e. The van der Waals surface area contributed by atoms with E-state index in [0.717, 1.165) is 32.7 Å². The summed E-state index contributed by atoms with van der Waals surface area (Å²) in [5, 5.41) is 24.1. The number of nitrogens with one attached hydrogen (secondary N) is 2. The number of likely N-dealkylation sites (N-methyl/N-ethyl adjacent to an activating group) is 1. The summed E-state index contributed by atoms with van der Waals surface area (Å²) < 4.78 is 0. The number of hydrogen-bond donors (Lipinski definition) is 4. The lowest BCUT2D eigenvalue weighted by molar-refractivity contribution is 0.0306. The van der Waals surface area contributed by atoms with Gasteiger partial charge in [-0.25, -0.2) is 0 Å². The van der Waals surface area contributed by atoms with Crippen LogP contribution in [0.15, 0.2) is 0 Å². The van der Waals surface area contributed by atoms with Crippen molar-refractivity contribution >= 4 is 0 Å². The fraction of sp³-hybridized carbons (Fsp3) is 1.00. The van der Waals surface area contributed by atoms with Crippen molar-refractivity contribution in [1.29, 1.82) is 0 Å². The van der Waals surface area contributed by atoms with Crippen LogP contribution in [-0.4, -0.2) is 86.8 Å². The number of aliphatic hydroxyl groups excluding tert-OH is 2. The lowest BCUT2D eigenvalue weighted by Gasteiger charge is -2.16. The zero-order valence-electron chi connectivity index (χ0n) is 10.4. The van der Waals surface area contributed by atoms with Crippen molar-refractivity contribution in [3.8, 4) is 0 Å². The minimum absolute atomic E-state index is 0.0980. The molecule has 0 saturated carbocycles. The van der Waals surface area contributed by atoms with E-state index in [1.807, 2.05) is 0 Å². The van der Waals surface area contributed by atoms with Crippen LogP contribution in [0.4, 0.5) is 0 Å². The standard InChI is InChI=1S/C10H26N4O2/c1-13(2)7-5-11-3-4-12-6-8-14(9-15)10-16/h11-12,15-16H,3-10H2,1-2H3. The smallest absolute Gasteiger partial charge is 0.0974 e. The first-order chi connectivity index (χ1) is 7.70. The zero-order chi connectivity index (χ0) is 12.2. The van der Waals surface area contributed by atoms with Gasteiger partial charge in [0, 0.05) is 39.3 Å². The number of nitrogens with zero attached hydrogens (tertiary/aromatic N) is 2. The highest BCUT2D eigenvalue weighted by Gasteiger charge is 1.98. The molecule has 0 unspecified atom stereocenters. The predicted octanol–water partition coefficient (Wildman–Crippen LogP) is -2.07. The average Bonchev–Trinajstić information content (AvgIpc) is 2.27. The van der Waals surface area contributed by atoms with Crippen LogP contribution in [0.5, 0.6) is 0 Å². The van der Waals surface area contributed by atoms with E-state index in [0.29, 0.717) is 6.54 Å². The second kappa shape index (κ2) is 11.3. The van der Waals surface area contributed by atoms with Crippen LogP contribution in [0, 0.1) is 0 Å². The van der Waals surface area contributed by atoms with Gasteiger partial charge in [0.1, 0.15) is 0 Å². The van der Waals surface area contributed by atoms with Crippen LogP contribution in [0.3, 0.4) is 0 Å². The van der Waals surface area contributed by atoms with Crippen LogP contribution in [0.25, 0.3) is 0 Å². The number of rotatable bonds is 11. The summed E-state index contributed by atoms with van der Waals surface area (Å²) in [7, 11) is 4.11. The quantitative estimate of drug-likeness (QED) is 0.243. The lowest BCUT2D eigenvalue weighted by atomic mass is 10.5. The van der Waals surface area contributed by atoms with Crippen molar-refractivity contribution in [3.05, 3.63) is 0 Å². The molecule has 6 nitrogen and oxygen atoms in total. The van der Waals surface area contributed by atoms with Gasteiger partial charge in [-0.15, -0.1) is 0 Å². The van der Waals surface area contributed by atoms with Gasteiger partial charge in [-0.1, -0.05) is 0 Å². The molecule has 16 heavy (non-hydrogen) atoms. The minimum atomic E-state index is -0.0980. The molecule has 98 valence electrons. The molecule has 0 fully saturated rings. The van der Waals surface area contributed by atoms with Gasteiger partial charge in [0.05, 0.1) is 13.5 Å². The van der Waals surface area contributed by atoms with E-state index in [9.17, 15) is 0 Å². The van der Waals surface area contributed by atoms with Gasteiger partial charge >= 0.3 is 0 Å². The molecule has 6 heteroatoms. The Hall–Kier alpha value is -0.240. The Bertz CT molecular complexity index is 143. The van der Waals surface area contributed by atoms with Crippen LogP contribution >= 0.6 is 0 Å². The first-order valence-corrected chi connectivity index (χ1v) is 5.71. The van der Waals surface area contributed by atoms with Gasteiger partial charge in [0.2, 0.25) is 0 Å². The van der Waals surface area contributed by atoms with E-state index in [4.69, 9.17) is 10.2 Å². The SMILES string of the molecule is CN(C)CCNCCNCCN(CO)CO. The largest absolute Gasteiger partial charge is 0.381 e. The van der Waals surface area contributed by atoms with Gasteiger partial charge in [0.15, 0.2) is 0 Å². The number of aliphatic hydroxyl groups is 2. The van der Waals surface area contributed by atoms with E-state index in [-0.39, 0.29) is 13.5 Å². The molecule has 0 aromatic rings. The van der Waals surface area contributed by atoms with Crippen molar-refractivity contribution < 1.29 is 10.2 Å². The molecule has 0 aliphatic heterocycles. The van der Waals surface area contributed by atoms with E-state index in [1.165, 1.54) is 0 Å². The summed E-state index contributed by atoms with van der Waals surface area (Å²) in [5.41, 5.74) is 0. The molecule has 0 aromatic carbocycles. The fourth-order valence-corrected chi connectivity index (χ4v) is 1.15. The van der Waals surface area contributed by atoms with E-state index < -0.39 is 0 Å². The van der Waals surface area contributed by atoms with Crippen molar-refractivity contribution in [2.75, 3.05) is 66.8 Å². The Morgan fingerprint density at radius 2 is 1.31 bits per heavy atom. The zero-order valence-corrected chi connectivity index (χ0v) is 10.4. The van der Waals surface area contributed by atoms with Gasteiger partial charge < -0.3 is 25.7 Å². The first-order valence-electron chi connectivity index (χ1n) is 5.71. The molecule has 0 amide bonds.